The van der Waals surface area contributed by atoms with E-state index < -0.39 is 10.0 Å². The molecule has 0 aliphatic carbocycles. The maximum atomic E-state index is 13.0. The number of aliphatic hydroxyl groups excluding tert-OH is 1. The van der Waals surface area contributed by atoms with Crippen LogP contribution in [0.2, 0.25) is 0 Å². The predicted octanol–water partition coefficient (Wildman–Crippen LogP) is 3.84. The summed E-state index contributed by atoms with van der Waals surface area (Å²) < 4.78 is 27.2. The molecule has 2 amide bonds. The van der Waals surface area contributed by atoms with Crippen molar-refractivity contribution in [2.24, 2.45) is 0 Å². The maximum Gasteiger partial charge on any atom is 0.328 e. The van der Waals surface area contributed by atoms with Crippen molar-refractivity contribution in [1.82, 2.24) is 9.71 Å². The van der Waals surface area contributed by atoms with Gasteiger partial charge in [-0.2, -0.15) is 0 Å². The van der Waals surface area contributed by atoms with Gasteiger partial charge in [0.25, 0.3) is 10.0 Å². The molecule has 0 atom stereocenters. The molecular weight excluding hydrogens is 448 g/mol. The summed E-state index contributed by atoms with van der Waals surface area (Å²) in [5.74, 6) is 0. The van der Waals surface area contributed by atoms with E-state index in [0.29, 0.717) is 29.5 Å². The standard InChI is InChI=1S/C22H26N4O4S2/c1-3-14-26(22-24-16(2)20(31-22)32(29,30)23-13-15-27)21(28)25-19-11-9-18(10-12-19)17-7-5-4-6-8-17/h4-12,23,27H,3,13-15H2,1-2H3,(H,25,28). The van der Waals surface area contributed by atoms with Gasteiger partial charge in [-0.3, -0.25) is 4.90 Å². The Bertz CT molecular complexity index is 1150. The highest BCUT2D eigenvalue weighted by Crippen LogP contribution is 2.30. The lowest BCUT2D eigenvalue weighted by atomic mass is 10.1. The van der Waals surface area contributed by atoms with Gasteiger partial charge in [0.1, 0.15) is 0 Å². The summed E-state index contributed by atoms with van der Waals surface area (Å²) in [5, 5.41) is 12.1. The number of nitrogens with one attached hydrogen (secondary N) is 2. The number of amides is 2. The van der Waals surface area contributed by atoms with Gasteiger partial charge in [0.15, 0.2) is 9.34 Å². The number of aryl methyl sites for hydroxylation is 1. The fourth-order valence-electron chi connectivity index (χ4n) is 3.05. The number of rotatable bonds is 9. The number of anilines is 2. The molecule has 3 rings (SSSR count). The molecule has 10 heteroatoms. The summed E-state index contributed by atoms with van der Waals surface area (Å²) >= 11 is 0.925. The summed E-state index contributed by atoms with van der Waals surface area (Å²) in [4.78, 5) is 18.7. The maximum absolute atomic E-state index is 13.0. The Morgan fingerprint density at radius 1 is 1.09 bits per heavy atom. The number of nitrogens with zero attached hydrogens (tertiary/aromatic N) is 2. The zero-order valence-corrected chi connectivity index (χ0v) is 19.5. The second-order valence-corrected chi connectivity index (χ2v) is 9.96. The molecule has 0 bridgehead atoms. The van der Waals surface area contributed by atoms with Crippen LogP contribution in [-0.2, 0) is 10.0 Å². The predicted molar refractivity (Wildman–Crippen MR) is 128 cm³/mol. The summed E-state index contributed by atoms with van der Waals surface area (Å²) in [6, 6.07) is 17.1. The Labute approximate surface area is 192 Å². The van der Waals surface area contributed by atoms with Gasteiger partial charge < -0.3 is 10.4 Å². The molecule has 0 radical (unpaired) electrons. The van der Waals surface area contributed by atoms with Crippen molar-refractivity contribution in [2.45, 2.75) is 24.5 Å². The van der Waals surface area contributed by atoms with E-state index in [0.717, 1.165) is 22.5 Å². The van der Waals surface area contributed by atoms with Gasteiger partial charge in [-0.15, -0.1) is 0 Å². The molecule has 32 heavy (non-hydrogen) atoms. The Balaban J connectivity index is 1.79. The van der Waals surface area contributed by atoms with Gasteiger partial charge in [-0.25, -0.2) is 22.9 Å². The zero-order valence-electron chi connectivity index (χ0n) is 17.9. The van der Waals surface area contributed by atoms with E-state index in [9.17, 15) is 13.2 Å². The zero-order chi connectivity index (χ0) is 23.1. The third kappa shape index (κ3) is 5.71. The van der Waals surface area contributed by atoms with Crippen LogP contribution in [-0.4, -0.2) is 44.2 Å². The number of carbonyl (C=O) groups excluding carboxylic acids is 1. The van der Waals surface area contributed by atoms with Gasteiger partial charge in [0.2, 0.25) is 0 Å². The highest BCUT2D eigenvalue weighted by atomic mass is 32.2. The van der Waals surface area contributed by atoms with E-state index in [2.05, 4.69) is 15.0 Å². The Hall–Kier alpha value is -2.79. The van der Waals surface area contributed by atoms with Gasteiger partial charge in [0, 0.05) is 18.8 Å². The van der Waals surface area contributed by atoms with Crippen molar-refractivity contribution in [1.29, 1.82) is 0 Å². The second kappa shape index (κ2) is 10.7. The largest absolute Gasteiger partial charge is 0.395 e. The summed E-state index contributed by atoms with van der Waals surface area (Å²) in [6.07, 6.45) is 0.670. The van der Waals surface area contributed by atoms with Crippen LogP contribution in [0.4, 0.5) is 15.6 Å². The number of benzene rings is 2. The number of aromatic nitrogens is 1. The molecule has 0 spiro atoms. The van der Waals surface area contributed by atoms with Crippen LogP contribution in [0, 0.1) is 6.92 Å². The molecule has 0 aliphatic rings. The second-order valence-electron chi connectivity index (χ2n) is 7.02. The van der Waals surface area contributed by atoms with E-state index in [1.54, 1.807) is 6.92 Å². The highest BCUT2D eigenvalue weighted by molar-refractivity contribution is 7.91. The Kier molecular flexibility index (Phi) is 7.97. The van der Waals surface area contributed by atoms with Crippen LogP contribution < -0.4 is 14.9 Å². The number of sulfonamides is 1. The molecule has 3 aromatic rings. The fraction of sp³-hybridized carbons (Fsp3) is 0.273. The van der Waals surface area contributed by atoms with Gasteiger partial charge >= 0.3 is 6.03 Å². The van der Waals surface area contributed by atoms with E-state index >= 15 is 0 Å². The van der Waals surface area contributed by atoms with Crippen LogP contribution in [0.25, 0.3) is 11.1 Å². The minimum Gasteiger partial charge on any atom is -0.395 e. The minimum absolute atomic E-state index is 0.0297. The average molecular weight is 475 g/mol. The van der Waals surface area contributed by atoms with Gasteiger partial charge in [-0.1, -0.05) is 60.7 Å². The fourth-order valence-corrected chi connectivity index (χ4v) is 5.65. The Morgan fingerprint density at radius 3 is 2.38 bits per heavy atom. The molecule has 3 N–H and O–H groups in total. The number of hydrogen-bond acceptors (Lipinski definition) is 6. The smallest absolute Gasteiger partial charge is 0.328 e. The average Bonchev–Trinajstić information content (AvgIpc) is 3.19. The molecule has 0 fully saturated rings. The number of aliphatic hydroxyl groups is 1. The number of hydrogen-bond donors (Lipinski definition) is 3. The van der Waals surface area contributed by atoms with Crippen molar-refractivity contribution in [3.8, 4) is 11.1 Å². The van der Waals surface area contributed by atoms with Crippen molar-refractivity contribution >= 4 is 38.2 Å². The van der Waals surface area contributed by atoms with Gasteiger partial charge in [-0.05, 0) is 36.6 Å². The molecule has 0 saturated carbocycles. The monoisotopic (exact) mass is 474 g/mol. The summed E-state index contributed by atoms with van der Waals surface area (Å²) in [5.41, 5.74) is 3.05. The first-order chi connectivity index (χ1) is 15.4. The number of urea groups is 1. The molecule has 8 nitrogen and oxygen atoms in total. The SMILES string of the molecule is CCCN(C(=O)Nc1ccc(-c2ccccc2)cc1)c1nc(C)c(S(=O)(=O)NCCO)s1. The first-order valence-corrected chi connectivity index (χ1v) is 12.5. The summed E-state index contributed by atoms with van der Waals surface area (Å²) in [6.45, 7) is 3.49. The van der Waals surface area contributed by atoms with Gasteiger partial charge in [0.05, 0.1) is 12.3 Å². The third-order valence-corrected chi connectivity index (χ3v) is 7.81. The number of carbonyl (C=O) groups is 1. The van der Waals surface area contributed by atoms with E-state index in [4.69, 9.17) is 5.11 Å². The van der Waals surface area contributed by atoms with Crippen LogP contribution in [0.15, 0.2) is 58.8 Å². The molecule has 1 aromatic heterocycles. The normalized spacial score (nSPS) is 11.3. The van der Waals surface area contributed by atoms with Crippen LogP contribution in [0.1, 0.15) is 19.0 Å². The molecular formula is C22H26N4O4S2. The molecule has 2 aromatic carbocycles. The summed E-state index contributed by atoms with van der Waals surface area (Å²) in [7, 11) is -3.81. The lowest BCUT2D eigenvalue weighted by Crippen LogP contribution is -2.35. The lowest BCUT2D eigenvalue weighted by molar-refractivity contribution is 0.257. The quantitative estimate of drug-likeness (QED) is 0.436. The van der Waals surface area contributed by atoms with Crippen molar-refractivity contribution < 1.29 is 18.3 Å². The molecule has 0 saturated heterocycles. The molecule has 0 aliphatic heterocycles. The number of thiazole rings is 1. The first-order valence-electron chi connectivity index (χ1n) is 10.2. The topological polar surface area (TPSA) is 112 Å². The highest BCUT2D eigenvalue weighted by Gasteiger charge is 2.26. The van der Waals surface area contributed by atoms with Crippen LogP contribution in [0.5, 0.6) is 0 Å². The molecule has 1 heterocycles. The van der Waals surface area contributed by atoms with Crippen molar-refractivity contribution in [3.05, 3.63) is 60.3 Å². The van der Waals surface area contributed by atoms with E-state index in [-0.39, 0.29) is 23.4 Å². The van der Waals surface area contributed by atoms with E-state index in [1.165, 1.54) is 4.90 Å². The van der Waals surface area contributed by atoms with Crippen molar-refractivity contribution in [2.75, 3.05) is 29.9 Å². The lowest BCUT2D eigenvalue weighted by Gasteiger charge is -2.19. The molecule has 170 valence electrons. The molecule has 0 unspecified atom stereocenters. The minimum atomic E-state index is -3.81. The van der Waals surface area contributed by atoms with E-state index in [1.807, 2.05) is 61.5 Å². The van der Waals surface area contributed by atoms with Crippen LogP contribution >= 0.6 is 11.3 Å². The van der Waals surface area contributed by atoms with Crippen LogP contribution in [0.3, 0.4) is 0 Å². The first kappa shape index (κ1) is 23.9. The van der Waals surface area contributed by atoms with Crippen molar-refractivity contribution in [3.63, 3.8) is 0 Å². The Morgan fingerprint density at radius 2 is 1.75 bits per heavy atom. The third-order valence-electron chi connectivity index (χ3n) is 4.56.